The van der Waals surface area contributed by atoms with Gasteiger partial charge in [-0.1, -0.05) is 20.3 Å². The molecule has 0 aromatic carbocycles. The second-order valence-corrected chi connectivity index (χ2v) is 5.59. The van der Waals surface area contributed by atoms with Gasteiger partial charge in [-0.2, -0.15) is 0 Å². The van der Waals surface area contributed by atoms with Gasteiger partial charge in [0, 0.05) is 26.3 Å². The fraction of sp³-hybridized carbons (Fsp3) is 0.733. The maximum Gasteiger partial charge on any atom is 0.158 e. The number of ether oxygens (including phenoxy) is 1. The van der Waals surface area contributed by atoms with Crippen LogP contribution < -0.4 is 10.6 Å². The van der Waals surface area contributed by atoms with E-state index in [1.807, 2.05) is 13.1 Å². The normalized spacial score (nSPS) is 25.7. The predicted molar refractivity (Wildman–Crippen MR) is 81.9 cm³/mol. The Labute approximate surface area is 121 Å². The van der Waals surface area contributed by atoms with Crippen LogP contribution in [0.15, 0.2) is 6.07 Å². The first kappa shape index (κ1) is 15.0. The van der Waals surface area contributed by atoms with Gasteiger partial charge in [0.2, 0.25) is 0 Å². The van der Waals surface area contributed by atoms with Gasteiger partial charge in [0.15, 0.2) is 5.82 Å². The van der Waals surface area contributed by atoms with E-state index in [0.29, 0.717) is 24.4 Å². The Morgan fingerprint density at radius 2 is 2.05 bits per heavy atom. The molecule has 5 nitrogen and oxygen atoms in total. The van der Waals surface area contributed by atoms with E-state index >= 15 is 0 Å². The van der Waals surface area contributed by atoms with Crippen molar-refractivity contribution in [1.82, 2.24) is 9.97 Å². The zero-order chi connectivity index (χ0) is 14.5. The SMILES string of the molecule is CCC1CCC(Nc2cc(NC)nc(COC)n2)C1C. The van der Waals surface area contributed by atoms with Crippen LogP contribution in [-0.4, -0.2) is 30.2 Å². The third kappa shape index (κ3) is 3.39. The van der Waals surface area contributed by atoms with Crippen molar-refractivity contribution < 1.29 is 4.74 Å². The number of nitrogens with one attached hydrogen (secondary N) is 2. The molecule has 0 spiro atoms. The predicted octanol–water partition coefficient (Wildman–Crippen LogP) is 2.90. The van der Waals surface area contributed by atoms with Crippen molar-refractivity contribution in [2.24, 2.45) is 11.8 Å². The van der Waals surface area contributed by atoms with Crippen LogP contribution in [0.3, 0.4) is 0 Å². The summed E-state index contributed by atoms with van der Waals surface area (Å²) in [4.78, 5) is 8.91. The minimum Gasteiger partial charge on any atom is -0.377 e. The third-order valence-electron chi connectivity index (χ3n) is 4.39. The fourth-order valence-corrected chi connectivity index (χ4v) is 3.11. The molecular weight excluding hydrogens is 252 g/mol. The number of nitrogens with zero attached hydrogens (tertiary/aromatic N) is 2. The Morgan fingerprint density at radius 3 is 2.65 bits per heavy atom. The maximum atomic E-state index is 5.13. The molecule has 0 radical (unpaired) electrons. The fourth-order valence-electron chi connectivity index (χ4n) is 3.11. The third-order valence-corrected chi connectivity index (χ3v) is 4.39. The van der Waals surface area contributed by atoms with Crippen LogP contribution in [0.25, 0.3) is 0 Å². The molecule has 3 atom stereocenters. The van der Waals surface area contributed by atoms with E-state index in [9.17, 15) is 0 Å². The molecule has 2 N–H and O–H groups in total. The van der Waals surface area contributed by atoms with Gasteiger partial charge in [0.1, 0.15) is 18.2 Å². The summed E-state index contributed by atoms with van der Waals surface area (Å²) in [7, 11) is 3.53. The van der Waals surface area contributed by atoms with E-state index in [2.05, 4.69) is 34.4 Å². The Bertz CT molecular complexity index is 438. The summed E-state index contributed by atoms with van der Waals surface area (Å²) < 4.78 is 5.13. The van der Waals surface area contributed by atoms with Gasteiger partial charge in [-0.05, 0) is 24.7 Å². The molecule has 1 aromatic rings. The molecule has 1 aliphatic rings. The van der Waals surface area contributed by atoms with E-state index < -0.39 is 0 Å². The summed E-state index contributed by atoms with van der Waals surface area (Å²) in [6, 6.07) is 2.47. The quantitative estimate of drug-likeness (QED) is 0.838. The van der Waals surface area contributed by atoms with Crippen molar-refractivity contribution in [2.75, 3.05) is 24.8 Å². The average molecular weight is 278 g/mol. The molecular formula is C15H26N4O. The Kier molecular flexibility index (Phi) is 5.17. The summed E-state index contributed by atoms with van der Waals surface area (Å²) in [6.45, 7) is 5.06. The highest BCUT2D eigenvalue weighted by Gasteiger charge is 2.31. The topological polar surface area (TPSA) is 59.1 Å². The minimum atomic E-state index is 0.433. The summed E-state index contributed by atoms with van der Waals surface area (Å²) in [5.41, 5.74) is 0. The second-order valence-electron chi connectivity index (χ2n) is 5.59. The molecule has 20 heavy (non-hydrogen) atoms. The monoisotopic (exact) mass is 278 g/mol. The average Bonchev–Trinajstić information content (AvgIpc) is 2.79. The first-order valence-corrected chi connectivity index (χ1v) is 7.49. The highest BCUT2D eigenvalue weighted by atomic mass is 16.5. The molecule has 2 rings (SSSR count). The van der Waals surface area contributed by atoms with Crippen molar-refractivity contribution in [1.29, 1.82) is 0 Å². The van der Waals surface area contributed by atoms with Gasteiger partial charge in [-0.15, -0.1) is 0 Å². The highest BCUT2D eigenvalue weighted by molar-refractivity contribution is 5.48. The Balaban J connectivity index is 2.10. The number of rotatable bonds is 6. The smallest absolute Gasteiger partial charge is 0.158 e. The van der Waals surface area contributed by atoms with Crippen molar-refractivity contribution in [3.63, 3.8) is 0 Å². The first-order valence-electron chi connectivity index (χ1n) is 7.49. The van der Waals surface area contributed by atoms with Crippen molar-refractivity contribution in [3.05, 3.63) is 11.9 Å². The first-order chi connectivity index (χ1) is 9.67. The van der Waals surface area contributed by atoms with Crippen LogP contribution in [0.2, 0.25) is 0 Å². The molecule has 1 aliphatic carbocycles. The molecule has 1 fully saturated rings. The lowest BCUT2D eigenvalue weighted by molar-refractivity contribution is 0.178. The van der Waals surface area contributed by atoms with Crippen LogP contribution in [0, 0.1) is 11.8 Å². The van der Waals surface area contributed by atoms with E-state index in [-0.39, 0.29) is 0 Å². The molecule has 0 bridgehead atoms. The Hall–Kier alpha value is -1.36. The maximum absolute atomic E-state index is 5.13. The van der Waals surface area contributed by atoms with E-state index in [0.717, 1.165) is 17.6 Å². The zero-order valence-electron chi connectivity index (χ0n) is 12.9. The number of methoxy groups -OCH3 is 1. The molecule has 0 saturated heterocycles. The van der Waals surface area contributed by atoms with Gasteiger partial charge in [-0.3, -0.25) is 0 Å². The lowest BCUT2D eigenvalue weighted by atomic mass is 9.93. The van der Waals surface area contributed by atoms with Crippen molar-refractivity contribution in [3.8, 4) is 0 Å². The van der Waals surface area contributed by atoms with E-state index in [1.165, 1.54) is 19.3 Å². The largest absolute Gasteiger partial charge is 0.377 e. The molecule has 1 saturated carbocycles. The van der Waals surface area contributed by atoms with Crippen LogP contribution >= 0.6 is 0 Å². The highest BCUT2D eigenvalue weighted by Crippen LogP contribution is 2.35. The van der Waals surface area contributed by atoms with Gasteiger partial charge in [0.25, 0.3) is 0 Å². The lowest BCUT2D eigenvalue weighted by Crippen LogP contribution is -2.25. The molecule has 112 valence electrons. The Morgan fingerprint density at radius 1 is 1.30 bits per heavy atom. The number of hydrogen-bond acceptors (Lipinski definition) is 5. The summed E-state index contributed by atoms with van der Waals surface area (Å²) >= 11 is 0. The van der Waals surface area contributed by atoms with Gasteiger partial charge < -0.3 is 15.4 Å². The van der Waals surface area contributed by atoms with Crippen molar-refractivity contribution in [2.45, 2.75) is 45.8 Å². The molecule has 0 aliphatic heterocycles. The standard InChI is InChI=1S/C15H26N4O/c1-5-11-6-7-12(10(11)2)17-14-8-13(16-3)18-15(19-14)9-20-4/h8,10-12H,5-7,9H2,1-4H3,(H2,16,17,18,19). The van der Waals surface area contributed by atoms with Crippen molar-refractivity contribution >= 4 is 11.6 Å². The van der Waals surface area contributed by atoms with Crippen LogP contribution in [-0.2, 0) is 11.3 Å². The van der Waals surface area contributed by atoms with Crippen LogP contribution in [0.5, 0.6) is 0 Å². The van der Waals surface area contributed by atoms with Gasteiger partial charge in [0.05, 0.1) is 0 Å². The van der Waals surface area contributed by atoms with E-state index in [4.69, 9.17) is 4.74 Å². The molecule has 3 unspecified atom stereocenters. The molecule has 1 heterocycles. The summed E-state index contributed by atoms with van der Waals surface area (Å²) in [6.07, 6.45) is 3.79. The van der Waals surface area contributed by atoms with Crippen LogP contribution in [0.4, 0.5) is 11.6 Å². The van der Waals surface area contributed by atoms with Crippen LogP contribution in [0.1, 0.15) is 38.9 Å². The summed E-state index contributed by atoms with van der Waals surface area (Å²) in [5, 5.41) is 6.66. The van der Waals surface area contributed by atoms with Gasteiger partial charge >= 0.3 is 0 Å². The molecule has 0 amide bonds. The molecule has 5 heteroatoms. The number of hydrogen-bond donors (Lipinski definition) is 2. The zero-order valence-corrected chi connectivity index (χ0v) is 12.9. The number of anilines is 2. The number of aromatic nitrogens is 2. The van der Waals surface area contributed by atoms with E-state index in [1.54, 1.807) is 7.11 Å². The summed E-state index contributed by atoms with van der Waals surface area (Å²) in [5.74, 6) is 3.95. The second kappa shape index (κ2) is 6.88. The lowest BCUT2D eigenvalue weighted by Gasteiger charge is -2.22. The van der Waals surface area contributed by atoms with Gasteiger partial charge in [-0.25, -0.2) is 9.97 Å². The molecule has 1 aromatic heterocycles. The minimum absolute atomic E-state index is 0.433.